The molecule has 2 aromatic carbocycles. The molecule has 1 aliphatic heterocycles. The van der Waals surface area contributed by atoms with Crippen molar-refractivity contribution in [3.8, 4) is 22.8 Å². The van der Waals surface area contributed by atoms with Gasteiger partial charge in [-0.15, -0.1) is 0 Å². The number of nitrogens with two attached hydrogens (primary N) is 1. The maximum absolute atomic E-state index is 14.5. The molecule has 228 valence electrons. The van der Waals surface area contributed by atoms with Crippen LogP contribution in [-0.2, 0) is 15.8 Å². The molecular weight excluding hydrogens is 594 g/mol. The van der Waals surface area contributed by atoms with Gasteiger partial charge in [-0.3, -0.25) is 9.59 Å². The zero-order valence-corrected chi connectivity index (χ0v) is 24.7. The van der Waals surface area contributed by atoms with Crippen LogP contribution in [0.5, 0.6) is 11.5 Å². The third kappa shape index (κ3) is 4.89. The molecule has 0 spiro atoms. The molecule has 0 radical (unpaired) electrons. The Morgan fingerprint density at radius 2 is 1.93 bits per heavy atom. The fourth-order valence-corrected chi connectivity index (χ4v) is 5.80. The molecule has 1 saturated carbocycles. The number of alkyl halides is 1. The predicted molar refractivity (Wildman–Crippen MR) is 159 cm³/mol. The molecule has 2 aromatic heterocycles. The number of methoxy groups -OCH3 is 1. The van der Waals surface area contributed by atoms with E-state index in [9.17, 15) is 23.5 Å². The lowest BCUT2D eigenvalue weighted by atomic mass is 9.80. The maximum Gasteiger partial charge on any atom is 0.251 e. The van der Waals surface area contributed by atoms with Crippen LogP contribution in [0.2, 0.25) is 5.02 Å². The normalized spacial score (nSPS) is 18.8. The van der Waals surface area contributed by atoms with Gasteiger partial charge in [0.15, 0.2) is 0 Å². The molecule has 2 atom stereocenters. The molecule has 44 heavy (non-hydrogen) atoms. The van der Waals surface area contributed by atoms with Gasteiger partial charge in [0.05, 0.1) is 30.1 Å². The molecule has 12 heteroatoms. The Labute approximate surface area is 256 Å². The van der Waals surface area contributed by atoms with Crippen LogP contribution in [-0.4, -0.2) is 53.8 Å². The lowest BCUT2D eigenvalue weighted by Gasteiger charge is -2.30. The molecule has 0 bridgehead atoms. The van der Waals surface area contributed by atoms with Crippen molar-refractivity contribution < 1.29 is 33.0 Å². The summed E-state index contributed by atoms with van der Waals surface area (Å²) in [5.41, 5.74) is 4.44. The Morgan fingerprint density at radius 1 is 1.20 bits per heavy atom. The zero-order valence-electron chi connectivity index (χ0n) is 23.9. The second-order valence-electron chi connectivity index (χ2n) is 11.3. The topological polar surface area (TPSA) is 137 Å². The number of halogens is 3. The molecule has 4 N–H and O–H groups in total. The van der Waals surface area contributed by atoms with Crippen molar-refractivity contribution in [2.45, 2.75) is 30.8 Å². The van der Waals surface area contributed by atoms with Crippen LogP contribution in [0.3, 0.4) is 0 Å². The lowest BCUT2D eigenvalue weighted by molar-refractivity contribution is -0.124. The van der Waals surface area contributed by atoms with Crippen LogP contribution in [0.4, 0.5) is 8.78 Å². The largest absolute Gasteiger partial charge is 0.494 e. The highest BCUT2D eigenvalue weighted by Gasteiger charge is 2.52. The first-order valence-electron chi connectivity index (χ1n) is 14.0. The zero-order chi connectivity index (χ0) is 31.4. The van der Waals surface area contributed by atoms with Crippen molar-refractivity contribution in [2.24, 2.45) is 11.7 Å². The number of rotatable bonds is 9. The third-order valence-corrected chi connectivity index (χ3v) is 8.86. The van der Waals surface area contributed by atoms with Gasteiger partial charge in [0.2, 0.25) is 5.91 Å². The van der Waals surface area contributed by atoms with E-state index in [1.807, 2.05) is 0 Å². The van der Waals surface area contributed by atoms with Gasteiger partial charge >= 0.3 is 0 Å². The number of hydrogen-bond acceptors (Lipinski definition) is 7. The number of pyridine rings is 2. The highest BCUT2D eigenvalue weighted by atomic mass is 35.5. The van der Waals surface area contributed by atoms with E-state index < -0.39 is 35.3 Å². The fraction of sp³-hybridized carbons (Fsp3) is 0.312. The second-order valence-corrected chi connectivity index (χ2v) is 11.7. The summed E-state index contributed by atoms with van der Waals surface area (Å²) in [6, 6.07) is 11.7. The summed E-state index contributed by atoms with van der Waals surface area (Å²) >= 11 is 6.28. The van der Waals surface area contributed by atoms with Gasteiger partial charge in [-0.2, -0.15) is 0 Å². The quantitative estimate of drug-likeness (QED) is 0.250. The predicted octanol–water partition coefficient (Wildman–Crippen LogP) is 4.52. The Bertz CT molecular complexity index is 1820. The number of carbonyl (C=O) groups excluding carboxylic acids is 2. The highest BCUT2D eigenvalue weighted by Crippen LogP contribution is 2.50. The molecule has 6 rings (SSSR count). The summed E-state index contributed by atoms with van der Waals surface area (Å²) in [5.74, 6) is -1.69. The van der Waals surface area contributed by atoms with Crippen molar-refractivity contribution >= 4 is 34.3 Å². The number of hydrogen-bond donors (Lipinski definition) is 3. The Kier molecular flexibility index (Phi) is 7.41. The first kappa shape index (κ1) is 29.7. The molecule has 2 aliphatic rings. The van der Waals surface area contributed by atoms with Crippen LogP contribution in [0.25, 0.3) is 22.2 Å². The van der Waals surface area contributed by atoms with Crippen LogP contribution < -0.4 is 20.5 Å². The minimum atomic E-state index is -1.80. The minimum Gasteiger partial charge on any atom is -0.494 e. The molecular formula is C32H29ClF2N4O5. The molecule has 3 heterocycles. The number of nitrogens with zero attached hydrogens (tertiary/aromatic N) is 2. The molecule has 0 saturated heterocycles. The summed E-state index contributed by atoms with van der Waals surface area (Å²) in [6.07, 6.45) is 1.29. The van der Waals surface area contributed by atoms with Gasteiger partial charge in [0, 0.05) is 22.1 Å². The van der Waals surface area contributed by atoms with Gasteiger partial charge < -0.3 is 25.6 Å². The smallest absolute Gasteiger partial charge is 0.251 e. The molecule has 1 aliphatic carbocycles. The highest BCUT2D eigenvalue weighted by molar-refractivity contribution is 6.31. The number of carbonyl (C=O) groups is 2. The van der Waals surface area contributed by atoms with Gasteiger partial charge in [-0.1, -0.05) is 11.6 Å². The first-order valence-corrected chi connectivity index (χ1v) is 14.3. The van der Waals surface area contributed by atoms with E-state index in [0.29, 0.717) is 45.8 Å². The van der Waals surface area contributed by atoms with Crippen molar-refractivity contribution in [1.82, 2.24) is 15.3 Å². The number of ether oxygens (including phenoxy) is 2. The fourth-order valence-electron chi connectivity index (χ4n) is 5.64. The molecule has 1 fully saturated rings. The summed E-state index contributed by atoms with van der Waals surface area (Å²) in [6.45, 7) is 0.0252. The van der Waals surface area contributed by atoms with E-state index in [1.165, 1.54) is 37.4 Å². The monoisotopic (exact) mass is 622 g/mol. The minimum absolute atomic E-state index is 0.102. The van der Waals surface area contributed by atoms with E-state index >= 15 is 0 Å². The van der Waals surface area contributed by atoms with Crippen molar-refractivity contribution in [3.63, 3.8) is 0 Å². The lowest BCUT2D eigenvalue weighted by Crippen LogP contribution is -2.46. The van der Waals surface area contributed by atoms with E-state index in [0.717, 1.165) is 0 Å². The molecule has 1 unspecified atom stereocenters. The van der Waals surface area contributed by atoms with Crippen molar-refractivity contribution in [1.29, 1.82) is 0 Å². The first-order chi connectivity index (χ1) is 21.0. The Hall–Kier alpha value is -4.35. The number of primary amides is 1. The van der Waals surface area contributed by atoms with Gasteiger partial charge in [-0.05, 0) is 74.2 Å². The second kappa shape index (κ2) is 11.0. The van der Waals surface area contributed by atoms with Crippen molar-refractivity contribution in [3.05, 3.63) is 81.9 Å². The third-order valence-electron chi connectivity index (χ3n) is 8.48. The number of aryl methyl sites for hydroxylation is 1. The molecule has 2 amide bonds. The van der Waals surface area contributed by atoms with E-state index in [2.05, 4.69) is 10.3 Å². The number of nitrogens with one attached hydrogen (secondary N) is 1. The number of benzene rings is 2. The number of aromatic nitrogens is 2. The van der Waals surface area contributed by atoms with Gasteiger partial charge in [-0.25, -0.2) is 18.7 Å². The summed E-state index contributed by atoms with van der Waals surface area (Å²) < 4.78 is 39.6. The summed E-state index contributed by atoms with van der Waals surface area (Å²) in [7, 11) is 1.47. The Morgan fingerprint density at radius 3 is 2.57 bits per heavy atom. The standard InChI is InChI=1S/C32H29ClF2N4O5/c1-16-23(33)10-18-9-19(11-24(43-2)26(18)38-16)29(40)37-14-32(42,20-5-6-20)25-12-22-28(44-15-31(22,13-34)30(36)41)27(39-25)17-3-7-21(35)8-4-17/h3-4,7-12,20,42H,5-6,13-15H2,1-2H3,(H2,36,41)(H,37,40)/t31-,32?/m0/s1. The van der Waals surface area contributed by atoms with Crippen LogP contribution in [0, 0.1) is 18.7 Å². The average molecular weight is 623 g/mol. The van der Waals surface area contributed by atoms with Crippen LogP contribution in [0.15, 0.2) is 48.5 Å². The molecule has 9 nitrogen and oxygen atoms in total. The van der Waals surface area contributed by atoms with E-state index in [1.54, 1.807) is 25.1 Å². The summed E-state index contributed by atoms with van der Waals surface area (Å²) in [5, 5.41) is 16.0. The molecule has 4 aromatic rings. The van der Waals surface area contributed by atoms with E-state index in [4.69, 9.17) is 31.8 Å². The van der Waals surface area contributed by atoms with Crippen LogP contribution in [0.1, 0.15) is 40.2 Å². The number of amides is 2. The van der Waals surface area contributed by atoms with E-state index in [-0.39, 0.29) is 47.3 Å². The summed E-state index contributed by atoms with van der Waals surface area (Å²) in [4.78, 5) is 35.2. The number of fused-ring (bicyclic) bond motifs is 2. The van der Waals surface area contributed by atoms with Crippen molar-refractivity contribution in [2.75, 3.05) is 26.9 Å². The van der Waals surface area contributed by atoms with Gasteiger partial charge in [0.1, 0.15) is 52.8 Å². The average Bonchev–Trinajstić information content (AvgIpc) is 3.80. The SMILES string of the molecule is COc1cc(C(=O)NCC(O)(c2cc3c(c(-c4ccc(F)cc4)n2)OC[C@]3(CF)C(N)=O)C2CC2)cc2cc(Cl)c(C)nc12. The van der Waals surface area contributed by atoms with Gasteiger partial charge in [0.25, 0.3) is 5.91 Å². The maximum atomic E-state index is 14.5. The Balaban J connectivity index is 1.40. The van der Waals surface area contributed by atoms with Crippen LogP contribution >= 0.6 is 11.6 Å². The number of aliphatic hydroxyl groups is 1.